The number of hydrogen-bond donors (Lipinski definition) is 0. The summed E-state index contributed by atoms with van der Waals surface area (Å²) in [6, 6.07) is 5.25. The molecule has 1 amide bonds. The Hall–Kier alpha value is -3.09. The second-order valence-electron chi connectivity index (χ2n) is 6.84. The van der Waals surface area contributed by atoms with E-state index in [4.69, 9.17) is 9.47 Å². The van der Waals surface area contributed by atoms with Gasteiger partial charge in [0.15, 0.2) is 17.3 Å². The number of amides is 1. The molecular weight excluding hydrogens is 346 g/mol. The Labute approximate surface area is 157 Å². The highest BCUT2D eigenvalue weighted by Gasteiger charge is 2.29. The lowest BCUT2D eigenvalue weighted by atomic mass is 9.90. The van der Waals surface area contributed by atoms with Crippen molar-refractivity contribution < 1.29 is 19.1 Å². The SMILES string of the molecule is Cn1cc(C=CC(=O)N2CCCC(C(=O)c3ccc4c(c3)OCO4)C2)cn1. The first-order valence-electron chi connectivity index (χ1n) is 8.99. The Morgan fingerprint density at radius 3 is 2.93 bits per heavy atom. The van der Waals surface area contributed by atoms with Crippen molar-refractivity contribution in [3.63, 3.8) is 0 Å². The summed E-state index contributed by atoms with van der Waals surface area (Å²) >= 11 is 0. The fraction of sp³-hybridized carbons (Fsp3) is 0.350. The smallest absolute Gasteiger partial charge is 0.246 e. The van der Waals surface area contributed by atoms with Crippen molar-refractivity contribution in [2.75, 3.05) is 19.9 Å². The molecule has 1 aromatic carbocycles. The van der Waals surface area contributed by atoms with Crippen LogP contribution in [-0.4, -0.2) is 46.3 Å². The van der Waals surface area contributed by atoms with E-state index < -0.39 is 0 Å². The normalized spacial score (nSPS) is 18.9. The van der Waals surface area contributed by atoms with Crippen LogP contribution in [0.2, 0.25) is 0 Å². The van der Waals surface area contributed by atoms with Gasteiger partial charge in [0.25, 0.3) is 0 Å². The van der Waals surface area contributed by atoms with Gasteiger partial charge in [0.1, 0.15) is 0 Å². The standard InChI is InChI=1S/C20H21N3O4/c1-22-11-14(10-21-22)4-7-19(24)23-8-2-3-16(12-23)20(25)15-5-6-17-18(9-15)27-13-26-17/h4-7,9-11,16H,2-3,8,12-13H2,1H3. The van der Waals surface area contributed by atoms with Crippen molar-refractivity contribution in [3.05, 3.63) is 47.8 Å². The van der Waals surface area contributed by atoms with E-state index >= 15 is 0 Å². The summed E-state index contributed by atoms with van der Waals surface area (Å²) < 4.78 is 12.3. The number of nitrogens with zero attached hydrogens (tertiary/aromatic N) is 3. The quantitative estimate of drug-likeness (QED) is 0.612. The average Bonchev–Trinajstić information content (AvgIpc) is 3.33. The van der Waals surface area contributed by atoms with Gasteiger partial charge in [-0.2, -0.15) is 5.10 Å². The van der Waals surface area contributed by atoms with Crippen LogP contribution in [0.25, 0.3) is 6.08 Å². The van der Waals surface area contributed by atoms with Crippen molar-refractivity contribution >= 4 is 17.8 Å². The van der Waals surface area contributed by atoms with Gasteiger partial charge >= 0.3 is 0 Å². The number of rotatable bonds is 4. The van der Waals surface area contributed by atoms with Gasteiger partial charge in [0, 0.05) is 49.5 Å². The monoisotopic (exact) mass is 367 g/mol. The number of Topliss-reactive ketones (excluding diaryl/α,β-unsaturated/α-hetero) is 1. The van der Waals surface area contributed by atoms with Crippen LogP contribution >= 0.6 is 0 Å². The van der Waals surface area contributed by atoms with Gasteiger partial charge in [-0.25, -0.2) is 0 Å². The van der Waals surface area contributed by atoms with Crippen LogP contribution in [-0.2, 0) is 11.8 Å². The molecule has 2 aromatic rings. The molecule has 1 saturated heterocycles. The Balaban J connectivity index is 1.42. The van der Waals surface area contributed by atoms with E-state index in [9.17, 15) is 9.59 Å². The summed E-state index contributed by atoms with van der Waals surface area (Å²) in [6.07, 6.45) is 8.43. The molecule has 7 nitrogen and oxygen atoms in total. The molecule has 1 fully saturated rings. The zero-order valence-electron chi connectivity index (χ0n) is 15.1. The molecule has 0 spiro atoms. The van der Waals surface area contributed by atoms with Gasteiger partial charge in [0.2, 0.25) is 12.7 Å². The minimum absolute atomic E-state index is 0.0436. The number of aryl methyl sites for hydroxylation is 1. The van der Waals surface area contributed by atoms with Crippen LogP contribution in [0.15, 0.2) is 36.7 Å². The van der Waals surface area contributed by atoms with E-state index in [-0.39, 0.29) is 24.4 Å². The lowest BCUT2D eigenvalue weighted by molar-refractivity contribution is -0.127. The third-order valence-electron chi connectivity index (χ3n) is 4.90. The Morgan fingerprint density at radius 2 is 2.11 bits per heavy atom. The largest absolute Gasteiger partial charge is 0.454 e. The molecule has 1 atom stereocenters. The highest BCUT2D eigenvalue weighted by molar-refractivity contribution is 5.99. The first-order valence-corrected chi connectivity index (χ1v) is 8.99. The van der Waals surface area contributed by atoms with Crippen LogP contribution in [0, 0.1) is 5.92 Å². The zero-order chi connectivity index (χ0) is 18.8. The first kappa shape index (κ1) is 17.3. The number of carbonyl (C=O) groups excluding carboxylic acids is 2. The third kappa shape index (κ3) is 3.72. The van der Waals surface area contributed by atoms with Crippen molar-refractivity contribution in [3.8, 4) is 11.5 Å². The minimum atomic E-state index is -0.199. The van der Waals surface area contributed by atoms with Gasteiger partial charge in [0.05, 0.1) is 6.20 Å². The molecule has 0 N–H and O–H groups in total. The zero-order valence-corrected chi connectivity index (χ0v) is 15.1. The number of benzene rings is 1. The molecule has 1 aromatic heterocycles. The molecule has 0 aliphatic carbocycles. The van der Waals surface area contributed by atoms with Crippen LogP contribution in [0.4, 0.5) is 0 Å². The first-order chi connectivity index (χ1) is 13.1. The third-order valence-corrected chi connectivity index (χ3v) is 4.90. The molecule has 7 heteroatoms. The average molecular weight is 367 g/mol. The molecule has 1 unspecified atom stereocenters. The number of ether oxygens (including phenoxy) is 2. The number of piperidine rings is 1. The molecule has 140 valence electrons. The molecular formula is C20H21N3O4. The van der Waals surface area contributed by atoms with Gasteiger partial charge in [-0.15, -0.1) is 0 Å². The minimum Gasteiger partial charge on any atom is -0.454 e. The number of ketones is 1. The van der Waals surface area contributed by atoms with Gasteiger partial charge in [-0.3, -0.25) is 14.3 Å². The molecule has 2 aliphatic rings. The second kappa shape index (κ2) is 7.26. The molecule has 0 radical (unpaired) electrons. The van der Waals surface area contributed by atoms with Crippen LogP contribution in [0.1, 0.15) is 28.8 Å². The van der Waals surface area contributed by atoms with Crippen LogP contribution in [0.5, 0.6) is 11.5 Å². The van der Waals surface area contributed by atoms with E-state index in [1.165, 1.54) is 0 Å². The summed E-state index contributed by atoms with van der Waals surface area (Å²) in [5, 5.41) is 4.08. The molecule has 3 heterocycles. The number of hydrogen-bond acceptors (Lipinski definition) is 5. The highest BCUT2D eigenvalue weighted by Crippen LogP contribution is 2.33. The summed E-state index contributed by atoms with van der Waals surface area (Å²) in [5.41, 5.74) is 1.47. The molecule has 0 bridgehead atoms. The second-order valence-corrected chi connectivity index (χ2v) is 6.84. The molecule has 27 heavy (non-hydrogen) atoms. The fourth-order valence-corrected chi connectivity index (χ4v) is 3.48. The number of aromatic nitrogens is 2. The fourth-order valence-electron chi connectivity index (χ4n) is 3.48. The predicted molar refractivity (Wildman–Crippen MR) is 98.4 cm³/mol. The van der Waals surface area contributed by atoms with E-state index in [2.05, 4.69) is 5.10 Å². The number of likely N-dealkylation sites (tertiary alicyclic amines) is 1. The van der Waals surface area contributed by atoms with Gasteiger partial charge in [-0.05, 0) is 37.1 Å². The Bertz CT molecular complexity index is 902. The molecule has 2 aliphatic heterocycles. The van der Waals surface area contributed by atoms with Gasteiger partial charge < -0.3 is 14.4 Å². The maximum Gasteiger partial charge on any atom is 0.246 e. The number of fused-ring (bicyclic) bond motifs is 1. The summed E-state index contributed by atoms with van der Waals surface area (Å²) in [4.78, 5) is 27.1. The van der Waals surface area contributed by atoms with E-state index in [1.54, 1.807) is 46.1 Å². The van der Waals surface area contributed by atoms with Crippen molar-refractivity contribution in [1.82, 2.24) is 14.7 Å². The lowest BCUT2D eigenvalue weighted by Gasteiger charge is -2.31. The Kier molecular flexibility index (Phi) is 4.66. The van der Waals surface area contributed by atoms with E-state index in [1.807, 2.05) is 13.2 Å². The maximum absolute atomic E-state index is 12.9. The highest BCUT2D eigenvalue weighted by atomic mass is 16.7. The summed E-state index contributed by atoms with van der Waals surface area (Å²) in [6.45, 7) is 1.28. The van der Waals surface area contributed by atoms with Crippen LogP contribution < -0.4 is 9.47 Å². The van der Waals surface area contributed by atoms with Crippen molar-refractivity contribution in [2.24, 2.45) is 13.0 Å². The van der Waals surface area contributed by atoms with Crippen molar-refractivity contribution in [2.45, 2.75) is 12.8 Å². The topological polar surface area (TPSA) is 73.7 Å². The van der Waals surface area contributed by atoms with Gasteiger partial charge in [-0.1, -0.05) is 0 Å². The van der Waals surface area contributed by atoms with Crippen molar-refractivity contribution in [1.29, 1.82) is 0 Å². The lowest BCUT2D eigenvalue weighted by Crippen LogP contribution is -2.41. The maximum atomic E-state index is 12.9. The van der Waals surface area contributed by atoms with Crippen LogP contribution in [0.3, 0.4) is 0 Å². The Morgan fingerprint density at radius 1 is 1.26 bits per heavy atom. The molecule has 4 rings (SSSR count). The summed E-state index contributed by atoms with van der Waals surface area (Å²) in [5.74, 6) is 1.02. The molecule has 0 saturated carbocycles. The predicted octanol–water partition coefficient (Wildman–Crippen LogP) is 2.28. The summed E-state index contributed by atoms with van der Waals surface area (Å²) in [7, 11) is 1.83. The number of carbonyl (C=O) groups is 2. The van der Waals surface area contributed by atoms with E-state index in [0.717, 1.165) is 18.4 Å². The van der Waals surface area contributed by atoms with E-state index in [0.29, 0.717) is 30.2 Å².